The average Bonchev–Trinajstić information content (AvgIpc) is 2.62. The maximum atomic E-state index is 12.7. The summed E-state index contributed by atoms with van der Waals surface area (Å²) in [7, 11) is 1.63. The van der Waals surface area contributed by atoms with E-state index < -0.39 is 18.6 Å². The van der Waals surface area contributed by atoms with Crippen LogP contribution >= 0.6 is 11.6 Å². The molecule has 0 aliphatic heterocycles. The van der Waals surface area contributed by atoms with E-state index >= 15 is 0 Å². The molecule has 0 spiro atoms. The summed E-state index contributed by atoms with van der Waals surface area (Å²) in [5.41, 5.74) is 6.71. The number of nitrogens with two attached hydrogens (primary N) is 1. The van der Waals surface area contributed by atoms with Gasteiger partial charge in [-0.25, -0.2) is 0 Å². The second-order valence-corrected chi connectivity index (χ2v) is 7.12. The Morgan fingerprint density at radius 3 is 2.71 bits per heavy atom. The molecular weight excluding hydrogens is 395 g/mol. The Morgan fingerprint density at radius 2 is 2.04 bits per heavy atom. The fraction of sp³-hybridized carbons (Fsp3) is 0.368. The SMILES string of the molecule is Cc1nccc2c1c(=O)n(C)c1cc(OCC(N)CCC(F)(F)F)c(Cl)cc21. The molecule has 1 unspecified atom stereocenters. The number of nitrogens with zero attached hydrogens (tertiary/aromatic N) is 2. The number of benzene rings is 1. The highest BCUT2D eigenvalue weighted by molar-refractivity contribution is 6.33. The van der Waals surface area contributed by atoms with Crippen LogP contribution in [0.5, 0.6) is 5.75 Å². The van der Waals surface area contributed by atoms with Gasteiger partial charge in [0, 0.05) is 37.2 Å². The summed E-state index contributed by atoms with van der Waals surface area (Å²) in [5.74, 6) is 0.261. The number of pyridine rings is 2. The Bertz CT molecular complexity index is 1100. The molecule has 0 saturated carbocycles. The lowest BCUT2D eigenvalue weighted by atomic mass is 10.1. The third-order valence-corrected chi connectivity index (χ3v) is 4.91. The molecule has 3 aromatic rings. The average molecular weight is 414 g/mol. The molecule has 1 atom stereocenters. The van der Waals surface area contributed by atoms with Crippen molar-refractivity contribution in [2.24, 2.45) is 12.8 Å². The number of hydrogen-bond donors (Lipinski definition) is 1. The minimum absolute atomic E-state index is 0.119. The fourth-order valence-electron chi connectivity index (χ4n) is 3.11. The molecule has 0 aliphatic rings. The quantitative estimate of drug-likeness (QED) is 0.639. The van der Waals surface area contributed by atoms with Crippen LogP contribution in [0.3, 0.4) is 0 Å². The highest BCUT2D eigenvalue weighted by Crippen LogP contribution is 2.33. The number of aryl methyl sites for hydroxylation is 2. The van der Waals surface area contributed by atoms with Crippen LogP contribution in [0.15, 0.2) is 29.2 Å². The number of halogens is 4. The molecule has 3 rings (SSSR count). The van der Waals surface area contributed by atoms with Crippen molar-refractivity contribution in [1.82, 2.24) is 9.55 Å². The molecule has 0 radical (unpaired) electrons. The largest absolute Gasteiger partial charge is 0.490 e. The Kier molecular flexibility index (Phi) is 5.54. The minimum atomic E-state index is -4.26. The number of fused-ring (bicyclic) bond motifs is 3. The van der Waals surface area contributed by atoms with E-state index in [4.69, 9.17) is 22.1 Å². The number of rotatable bonds is 5. The number of aromatic nitrogens is 2. The fourth-order valence-corrected chi connectivity index (χ4v) is 3.33. The van der Waals surface area contributed by atoms with Gasteiger partial charge >= 0.3 is 6.18 Å². The smallest absolute Gasteiger partial charge is 0.389 e. The van der Waals surface area contributed by atoms with Crippen LogP contribution in [0.2, 0.25) is 5.02 Å². The van der Waals surface area contributed by atoms with Crippen LogP contribution in [0.1, 0.15) is 18.5 Å². The predicted molar refractivity (Wildman–Crippen MR) is 103 cm³/mol. The summed E-state index contributed by atoms with van der Waals surface area (Å²) in [6.45, 7) is 1.64. The Morgan fingerprint density at radius 1 is 1.32 bits per heavy atom. The zero-order chi connectivity index (χ0) is 20.6. The summed E-state index contributed by atoms with van der Waals surface area (Å²) in [6.07, 6.45) is -3.86. The standard InChI is InChI=1S/C19H19ClF3N3O2/c1-10-17-12(4-6-25-10)13-7-14(20)16(8-15(13)26(2)18(17)27)28-9-11(24)3-5-19(21,22)23/h4,6-8,11H,3,5,9,24H2,1-2H3. The van der Waals surface area contributed by atoms with Gasteiger partial charge in [-0.3, -0.25) is 9.78 Å². The molecule has 9 heteroatoms. The number of hydrogen-bond acceptors (Lipinski definition) is 4. The van der Waals surface area contributed by atoms with E-state index in [1.807, 2.05) is 0 Å². The van der Waals surface area contributed by atoms with Gasteiger partial charge in [0.1, 0.15) is 12.4 Å². The van der Waals surface area contributed by atoms with Crippen LogP contribution < -0.4 is 16.0 Å². The van der Waals surface area contributed by atoms with E-state index in [1.165, 1.54) is 4.57 Å². The van der Waals surface area contributed by atoms with E-state index in [0.717, 1.165) is 10.8 Å². The van der Waals surface area contributed by atoms with Gasteiger partial charge in [-0.2, -0.15) is 13.2 Å². The summed E-state index contributed by atoms with van der Waals surface area (Å²) in [6, 6.07) is 4.23. The van der Waals surface area contributed by atoms with Crippen molar-refractivity contribution < 1.29 is 17.9 Å². The van der Waals surface area contributed by atoms with Crippen LogP contribution in [-0.2, 0) is 7.05 Å². The summed E-state index contributed by atoms with van der Waals surface area (Å²) < 4.78 is 43.9. The van der Waals surface area contributed by atoms with Crippen LogP contribution in [0.25, 0.3) is 21.7 Å². The highest BCUT2D eigenvalue weighted by Gasteiger charge is 2.27. The number of ether oxygens (including phenoxy) is 1. The van der Waals surface area contributed by atoms with Gasteiger partial charge in [0.25, 0.3) is 5.56 Å². The first kappa shape index (κ1) is 20.4. The van der Waals surface area contributed by atoms with Crippen LogP contribution in [-0.4, -0.2) is 28.4 Å². The molecule has 0 fully saturated rings. The molecule has 1 aromatic carbocycles. The molecule has 2 N–H and O–H groups in total. The second-order valence-electron chi connectivity index (χ2n) is 6.71. The third kappa shape index (κ3) is 4.07. The zero-order valence-electron chi connectivity index (χ0n) is 15.3. The van der Waals surface area contributed by atoms with Crippen molar-refractivity contribution in [1.29, 1.82) is 0 Å². The maximum Gasteiger partial charge on any atom is 0.389 e. The zero-order valence-corrected chi connectivity index (χ0v) is 16.1. The molecule has 0 saturated heterocycles. The molecule has 0 aliphatic carbocycles. The monoisotopic (exact) mass is 413 g/mol. The van der Waals surface area contributed by atoms with Crippen molar-refractivity contribution in [3.8, 4) is 5.75 Å². The van der Waals surface area contributed by atoms with Crippen molar-refractivity contribution in [2.45, 2.75) is 32.0 Å². The van der Waals surface area contributed by atoms with E-state index in [1.54, 1.807) is 38.4 Å². The number of alkyl halides is 3. The summed E-state index contributed by atoms with van der Waals surface area (Å²) in [4.78, 5) is 16.9. The van der Waals surface area contributed by atoms with Crippen molar-refractivity contribution in [3.63, 3.8) is 0 Å². The van der Waals surface area contributed by atoms with Crippen LogP contribution in [0, 0.1) is 6.92 Å². The minimum Gasteiger partial charge on any atom is -0.490 e. The highest BCUT2D eigenvalue weighted by atomic mass is 35.5. The van der Waals surface area contributed by atoms with Crippen molar-refractivity contribution in [3.05, 3.63) is 45.5 Å². The topological polar surface area (TPSA) is 70.1 Å². The molecular formula is C19H19ClF3N3O2. The van der Waals surface area contributed by atoms with E-state index in [2.05, 4.69) is 4.98 Å². The first-order valence-corrected chi connectivity index (χ1v) is 8.99. The lowest BCUT2D eigenvalue weighted by Crippen LogP contribution is -2.29. The normalized spacial score (nSPS) is 13.2. The maximum absolute atomic E-state index is 12.7. The molecule has 0 bridgehead atoms. The van der Waals surface area contributed by atoms with E-state index in [0.29, 0.717) is 16.6 Å². The Balaban J connectivity index is 1.96. The van der Waals surface area contributed by atoms with E-state index in [-0.39, 0.29) is 29.4 Å². The van der Waals surface area contributed by atoms with Gasteiger partial charge in [0.05, 0.1) is 21.6 Å². The van der Waals surface area contributed by atoms with Gasteiger partial charge in [-0.1, -0.05) is 11.6 Å². The van der Waals surface area contributed by atoms with Gasteiger partial charge < -0.3 is 15.0 Å². The lowest BCUT2D eigenvalue weighted by Gasteiger charge is -2.17. The first-order chi connectivity index (χ1) is 13.1. The molecule has 150 valence electrons. The molecule has 28 heavy (non-hydrogen) atoms. The third-order valence-electron chi connectivity index (χ3n) is 4.61. The van der Waals surface area contributed by atoms with Crippen molar-refractivity contribution >= 4 is 33.3 Å². The molecule has 2 aromatic heterocycles. The Hall–Kier alpha value is -2.32. The van der Waals surface area contributed by atoms with E-state index in [9.17, 15) is 18.0 Å². The van der Waals surface area contributed by atoms with Crippen LogP contribution in [0.4, 0.5) is 13.2 Å². The van der Waals surface area contributed by atoms with Gasteiger partial charge in [-0.15, -0.1) is 0 Å². The summed E-state index contributed by atoms with van der Waals surface area (Å²) in [5, 5.41) is 2.27. The van der Waals surface area contributed by atoms with Crippen molar-refractivity contribution in [2.75, 3.05) is 6.61 Å². The van der Waals surface area contributed by atoms with Gasteiger partial charge in [-0.05, 0) is 30.9 Å². The Labute approximate surface area is 163 Å². The van der Waals surface area contributed by atoms with Gasteiger partial charge in [0.2, 0.25) is 0 Å². The molecule has 5 nitrogen and oxygen atoms in total. The molecule has 2 heterocycles. The lowest BCUT2D eigenvalue weighted by molar-refractivity contribution is -0.136. The summed E-state index contributed by atoms with van der Waals surface area (Å²) >= 11 is 6.32. The molecule has 0 amide bonds. The predicted octanol–water partition coefficient (Wildman–Crippen LogP) is 4.10. The van der Waals surface area contributed by atoms with Gasteiger partial charge in [0.15, 0.2) is 0 Å². The second kappa shape index (κ2) is 7.60. The first-order valence-electron chi connectivity index (χ1n) is 8.61.